The number of hydrogen-bond donors (Lipinski definition) is 1. The highest BCUT2D eigenvalue weighted by atomic mass is 32.2. The van der Waals surface area contributed by atoms with Crippen LogP contribution in [0.15, 0.2) is 45.9 Å². The van der Waals surface area contributed by atoms with Gasteiger partial charge in [-0.25, -0.2) is 8.42 Å². The highest BCUT2D eigenvalue weighted by Crippen LogP contribution is 2.24. The molecule has 8 nitrogen and oxygen atoms in total. The van der Waals surface area contributed by atoms with E-state index in [9.17, 15) is 13.2 Å². The van der Waals surface area contributed by atoms with Crippen LogP contribution in [0.2, 0.25) is 0 Å². The second-order valence-corrected chi connectivity index (χ2v) is 9.02. The predicted molar refractivity (Wildman–Crippen MR) is 106 cm³/mol. The van der Waals surface area contributed by atoms with E-state index in [4.69, 9.17) is 13.9 Å². The number of rotatable bonds is 7. The number of amides is 1. The van der Waals surface area contributed by atoms with Crippen molar-refractivity contribution in [2.45, 2.75) is 36.9 Å². The minimum Gasteiger partial charge on any atom is -0.491 e. The average Bonchev–Trinajstić information content (AvgIpc) is 3.50. The van der Waals surface area contributed by atoms with E-state index in [1.807, 2.05) is 0 Å². The molecular formula is C20H24N2O6S. The summed E-state index contributed by atoms with van der Waals surface area (Å²) in [5.74, 6) is 0.123. The zero-order valence-electron chi connectivity index (χ0n) is 16.0. The molecule has 29 heavy (non-hydrogen) atoms. The third-order valence-corrected chi connectivity index (χ3v) is 6.81. The van der Waals surface area contributed by atoms with Crippen LogP contribution in [0.25, 0.3) is 0 Å². The summed E-state index contributed by atoms with van der Waals surface area (Å²) in [6, 6.07) is 9.65. The molecule has 2 aromatic rings. The number of carbonyl (C=O) groups is 1. The van der Waals surface area contributed by atoms with Crippen LogP contribution in [0.3, 0.4) is 0 Å². The van der Waals surface area contributed by atoms with Crippen molar-refractivity contribution in [1.82, 2.24) is 4.31 Å². The zero-order valence-corrected chi connectivity index (χ0v) is 16.8. The van der Waals surface area contributed by atoms with Gasteiger partial charge in [-0.05, 0) is 62.1 Å². The molecule has 0 saturated carbocycles. The Morgan fingerprint density at radius 2 is 1.86 bits per heavy atom. The van der Waals surface area contributed by atoms with Gasteiger partial charge in [0.05, 0.1) is 6.10 Å². The van der Waals surface area contributed by atoms with Gasteiger partial charge in [0.15, 0.2) is 5.76 Å². The summed E-state index contributed by atoms with van der Waals surface area (Å²) in [7, 11) is -3.68. The summed E-state index contributed by atoms with van der Waals surface area (Å²) >= 11 is 0. The minimum absolute atomic E-state index is 0.0542. The molecule has 1 aromatic carbocycles. The molecule has 2 aliphatic rings. The lowest BCUT2D eigenvalue weighted by Crippen LogP contribution is -2.27. The summed E-state index contributed by atoms with van der Waals surface area (Å²) in [5, 5.41) is 2.49. The highest BCUT2D eigenvalue weighted by molar-refractivity contribution is 7.89. The molecule has 2 saturated heterocycles. The number of nitrogens with one attached hydrogen (secondary N) is 1. The molecule has 0 bridgehead atoms. The van der Waals surface area contributed by atoms with Crippen molar-refractivity contribution in [3.05, 3.63) is 42.2 Å². The van der Waals surface area contributed by atoms with Crippen LogP contribution in [-0.2, 0) is 14.8 Å². The number of ether oxygens (including phenoxy) is 2. The number of hydrogen-bond acceptors (Lipinski definition) is 6. The smallest absolute Gasteiger partial charge is 0.291 e. The fraction of sp³-hybridized carbons (Fsp3) is 0.450. The number of furan rings is 1. The Morgan fingerprint density at radius 1 is 1.10 bits per heavy atom. The molecule has 4 rings (SSSR count). The number of carbonyl (C=O) groups excluding carboxylic acids is 1. The van der Waals surface area contributed by atoms with Gasteiger partial charge >= 0.3 is 0 Å². The molecule has 1 unspecified atom stereocenters. The second-order valence-electron chi connectivity index (χ2n) is 7.15. The zero-order chi connectivity index (χ0) is 20.3. The summed E-state index contributed by atoms with van der Waals surface area (Å²) in [5.41, 5.74) is 0.555. The summed E-state index contributed by atoms with van der Waals surface area (Å²) in [4.78, 5) is 12.4. The molecule has 1 N–H and O–H groups in total. The van der Waals surface area contributed by atoms with E-state index in [2.05, 4.69) is 5.32 Å². The lowest BCUT2D eigenvalue weighted by molar-refractivity contribution is 0.0679. The Kier molecular flexibility index (Phi) is 5.89. The minimum atomic E-state index is -3.68. The molecule has 156 valence electrons. The van der Waals surface area contributed by atoms with E-state index >= 15 is 0 Å². The second kappa shape index (κ2) is 8.56. The van der Waals surface area contributed by atoms with Crippen LogP contribution in [0.4, 0.5) is 5.69 Å². The van der Waals surface area contributed by atoms with Gasteiger partial charge in [0.1, 0.15) is 12.4 Å². The third-order valence-electron chi connectivity index (χ3n) is 5.04. The van der Waals surface area contributed by atoms with Crippen LogP contribution in [-0.4, -0.2) is 51.0 Å². The van der Waals surface area contributed by atoms with Crippen LogP contribution >= 0.6 is 0 Å². The first kappa shape index (κ1) is 19.9. The Labute approximate surface area is 169 Å². The maximum Gasteiger partial charge on any atom is 0.291 e. The standard InChI is InChI=1S/C20H24N2O6S/c23-20(18-9-10-19(28-18)29(24,25)22-11-1-2-12-22)21-15-5-7-16(8-6-15)27-14-17-4-3-13-26-17/h5-10,17H,1-4,11-14H2,(H,21,23). The van der Waals surface area contributed by atoms with Crippen LogP contribution in [0.5, 0.6) is 5.75 Å². The SMILES string of the molecule is O=C(Nc1ccc(OCC2CCCO2)cc1)c1ccc(S(=O)(=O)N2CCCC2)o1. The van der Waals surface area contributed by atoms with Crippen LogP contribution < -0.4 is 10.1 Å². The topological polar surface area (TPSA) is 98.1 Å². The van der Waals surface area contributed by atoms with Crippen molar-refractivity contribution in [3.8, 4) is 5.75 Å². The first-order valence-electron chi connectivity index (χ1n) is 9.78. The monoisotopic (exact) mass is 420 g/mol. The average molecular weight is 420 g/mol. The Hall–Kier alpha value is -2.36. The van der Waals surface area contributed by atoms with Gasteiger partial charge < -0.3 is 19.2 Å². The summed E-state index contributed by atoms with van der Waals surface area (Å²) in [6.45, 7) is 2.25. The van der Waals surface area contributed by atoms with E-state index < -0.39 is 15.9 Å². The Bertz CT molecular complexity index is 942. The molecule has 1 atom stereocenters. The lowest BCUT2D eigenvalue weighted by Gasteiger charge is -2.12. The molecule has 3 heterocycles. The van der Waals surface area contributed by atoms with Crippen molar-refractivity contribution in [2.75, 3.05) is 31.6 Å². The maximum absolute atomic E-state index is 12.5. The normalized spacial score (nSPS) is 20.1. The fourth-order valence-electron chi connectivity index (χ4n) is 3.43. The number of nitrogens with zero attached hydrogens (tertiary/aromatic N) is 1. The number of benzene rings is 1. The van der Waals surface area contributed by atoms with Crippen molar-refractivity contribution >= 4 is 21.6 Å². The van der Waals surface area contributed by atoms with Gasteiger partial charge in [-0.15, -0.1) is 0 Å². The molecular weight excluding hydrogens is 396 g/mol. The summed E-state index contributed by atoms with van der Waals surface area (Å²) in [6.07, 6.45) is 3.88. The van der Waals surface area contributed by atoms with Gasteiger partial charge in [-0.2, -0.15) is 4.31 Å². The molecule has 1 aromatic heterocycles. The van der Waals surface area contributed by atoms with E-state index in [1.54, 1.807) is 24.3 Å². The first-order chi connectivity index (χ1) is 14.0. The predicted octanol–water partition coefficient (Wildman–Crippen LogP) is 2.87. The largest absolute Gasteiger partial charge is 0.491 e. The van der Waals surface area contributed by atoms with Gasteiger partial charge in [0.25, 0.3) is 15.9 Å². The quantitative estimate of drug-likeness (QED) is 0.740. The van der Waals surface area contributed by atoms with Crippen LogP contribution in [0, 0.1) is 0 Å². The summed E-state index contributed by atoms with van der Waals surface area (Å²) < 4.78 is 42.9. The Balaban J connectivity index is 1.35. The fourth-order valence-corrected chi connectivity index (χ4v) is 4.86. The third kappa shape index (κ3) is 4.63. The van der Waals surface area contributed by atoms with Crippen molar-refractivity contribution in [3.63, 3.8) is 0 Å². The molecule has 0 radical (unpaired) electrons. The van der Waals surface area contributed by atoms with Crippen molar-refractivity contribution < 1.29 is 27.1 Å². The lowest BCUT2D eigenvalue weighted by atomic mass is 10.2. The Morgan fingerprint density at radius 3 is 2.55 bits per heavy atom. The molecule has 9 heteroatoms. The van der Waals surface area contributed by atoms with Gasteiger partial charge in [-0.1, -0.05) is 0 Å². The highest BCUT2D eigenvalue weighted by Gasteiger charge is 2.30. The number of sulfonamides is 1. The van der Waals surface area contributed by atoms with Gasteiger partial charge in [-0.3, -0.25) is 4.79 Å². The maximum atomic E-state index is 12.5. The van der Waals surface area contributed by atoms with Crippen molar-refractivity contribution in [1.29, 1.82) is 0 Å². The first-order valence-corrected chi connectivity index (χ1v) is 11.2. The molecule has 2 aliphatic heterocycles. The van der Waals surface area contributed by atoms with E-state index in [0.717, 1.165) is 32.3 Å². The van der Waals surface area contributed by atoms with E-state index in [-0.39, 0.29) is 17.0 Å². The number of anilines is 1. The molecule has 0 aliphatic carbocycles. The molecule has 0 spiro atoms. The van der Waals surface area contributed by atoms with Crippen LogP contribution in [0.1, 0.15) is 36.2 Å². The van der Waals surface area contributed by atoms with E-state index in [1.165, 1.54) is 16.4 Å². The molecule has 1 amide bonds. The molecule has 2 fully saturated rings. The van der Waals surface area contributed by atoms with E-state index in [0.29, 0.717) is 31.1 Å². The van der Waals surface area contributed by atoms with Gasteiger partial charge in [0.2, 0.25) is 5.09 Å². The van der Waals surface area contributed by atoms with Gasteiger partial charge in [0, 0.05) is 25.4 Å². The van der Waals surface area contributed by atoms with Crippen molar-refractivity contribution in [2.24, 2.45) is 0 Å².